The molecule has 2 unspecified atom stereocenters. The van der Waals surface area contributed by atoms with Gasteiger partial charge in [-0.05, 0) is 24.7 Å². The third-order valence-electron chi connectivity index (χ3n) is 3.00. The number of esters is 1. The van der Waals surface area contributed by atoms with E-state index >= 15 is 0 Å². The van der Waals surface area contributed by atoms with Gasteiger partial charge in [0.1, 0.15) is 0 Å². The topological polar surface area (TPSA) is 35.5 Å². The predicted octanol–water partition coefficient (Wildman–Crippen LogP) is 2.39. The monoisotopic (exact) mass is 214 g/mol. The second-order valence-corrected chi connectivity index (χ2v) is 4.46. The van der Waals surface area contributed by atoms with Crippen molar-refractivity contribution in [2.24, 2.45) is 11.8 Å². The van der Waals surface area contributed by atoms with Crippen LogP contribution in [-0.2, 0) is 14.3 Å². The van der Waals surface area contributed by atoms with Crippen LogP contribution >= 0.6 is 0 Å². The number of hydrogen-bond acceptors (Lipinski definition) is 3. The van der Waals surface area contributed by atoms with Gasteiger partial charge in [-0.1, -0.05) is 20.3 Å². The van der Waals surface area contributed by atoms with Gasteiger partial charge in [0, 0.05) is 19.6 Å². The lowest BCUT2D eigenvalue weighted by Gasteiger charge is -2.15. The molecule has 1 saturated heterocycles. The van der Waals surface area contributed by atoms with Gasteiger partial charge in [0.15, 0.2) is 0 Å². The van der Waals surface area contributed by atoms with E-state index in [1.165, 1.54) is 0 Å². The fourth-order valence-electron chi connectivity index (χ4n) is 1.60. The second kappa shape index (κ2) is 6.83. The quantitative estimate of drug-likeness (QED) is 0.659. The first kappa shape index (κ1) is 12.5. The molecule has 1 aliphatic rings. The Labute approximate surface area is 92.1 Å². The molecule has 0 amide bonds. The average Bonchev–Trinajstić information content (AvgIpc) is 2.43. The smallest absolute Gasteiger partial charge is 0.305 e. The Hall–Kier alpha value is -0.570. The molecule has 0 aromatic carbocycles. The third-order valence-corrected chi connectivity index (χ3v) is 3.00. The highest BCUT2D eigenvalue weighted by Crippen LogP contribution is 2.17. The highest BCUT2D eigenvalue weighted by atomic mass is 16.5. The lowest BCUT2D eigenvalue weighted by atomic mass is 10.0. The lowest BCUT2D eigenvalue weighted by molar-refractivity contribution is -0.142. The van der Waals surface area contributed by atoms with Crippen molar-refractivity contribution in [1.29, 1.82) is 0 Å². The normalized spacial score (nSPS) is 24.4. The van der Waals surface area contributed by atoms with E-state index < -0.39 is 0 Å². The first-order chi connectivity index (χ1) is 7.22. The van der Waals surface area contributed by atoms with Crippen molar-refractivity contribution >= 4 is 5.97 Å². The van der Waals surface area contributed by atoms with Gasteiger partial charge in [0.25, 0.3) is 0 Å². The summed E-state index contributed by atoms with van der Waals surface area (Å²) in [5.74, 6) is 1.08. The molecule has 1 fully saturated rings. The zero-order valence-electron chi connectivity index (χ0n) is 9.83. The van der Waals surface area contributed by atoms with Crippen LogP contribution in [0, 0.1) is 11.8 Å². The van der Waals surface area contributed by atoms with Crippen molar-refractivity contribution in [2.75, 3.05) is 19.8 Å². The Morgan fingerprint density at radius 1 is 1.53 bits per heavy atom. The molecule has 0 saturated carbocycles. The Morgan fingerprint density at radius 3 is 3.07 bits per heavy atom. The number of rotatable bonds is 5. The summed E-state index contributed by atoms with van der Waals surface area (Å²) < 4.78 is 10.6. The zero-order chi connectivity index (χ0) is 11.1. The van der Waals surface area contributed by atoms with Crippen molar-refractivity contribution in [3.63, 3.8) is 0 Å². The van der Waals surface area contributed by atoms with E-state index in [1.807, 2.05) is 0 Å². The van der Waals surface area contributed by atoms with Crippen LogP contribution in [0.5, 0.6) is 0 Å². The van der Waals surface area contributed by atoms with Gasteiger partial charge in [0.2, 0.25) is 0 Å². The summed E-state index contributed by atoms with van der Waals surface area (Å²) in [5.41, 5.74) is 0. The average molecular weight is 214 g/mol. The molecule has 2 atom stereocenters. The van der Waals surface area contributed by atoms with Crippen molar-refractivity contribution < 1.29 is 14.3 Å². The molecule has 88 valence electrons. The molecule has 0 aliphatic carbocycles. The Bertz CT molecular complexity index is 191. The first-order valence-electron chi connectivity index (χ1n) is 5.95. The summed E-state index contributed by atoms with van der Waals surface area (Å²) in [5, 5.41) is 0. The molecule has 1 rings (SSSR count). The molecule has 0 bridgehead atoms. The van der Waals surface area contributed by atoms with Gasteiger partial charge < -0.3 is 9.47 Å². The van der Waals surface area contributed by atoms with Gasteiger partial charge in [-0.25, -0.2) is 0 Å². The third kappa shape index (κ3) is 5.17. The maximum Gasteiger partial charge on any atom is 0.305 e. The van der Waals surface area contributed by atoms with Crippen LogP contribution in [-0.4, -0.2) is 25.8 Å². The highest BCUT2D eigenvalue weighted by molar-refractivity contribution is 5.69. The molecule has 1 aliphatic heterocycles. The van der Waals surface area contributed by atoms with E-state index in [2.05, 4.69) is 13.8 Å². The predicted molar refractivity (Wildman–Crippen MR) is 58.6 cm³/mol. The number of ether oxygens (including phenoxy) is 2. The maximum atomic E-state index is 11.0. The van der Waals surface area contributed by atoms with E-state index in [4.69, 9.17) is 9.47 Å². The molecule has 15 heavy (non-hydrogen) atoms. The summed E-state index contributed by atoms with van der Waals surface area (Å²) >= 11 is 0. The molecule has 0 aromatic heterocycles. The molecule has 1 heterocycles. The van der Waals surface area contributed by atoms with Gasteiger partial charge >= 0.3 is 5.97 Å². The molecule has 0 aromatic rings. The van der Waals surface area contributed by atoms with Crippen LogP contribution in [0.2, 0.25) is 0 Å². The number of carbonyl (C=O) groups excluding carboxylic acids is 1. The summed E-state index contributed by atoms with van der Waals surface area (Å²) in [6.07, 6.45) is 3.58. The zero-order valence-corrected chi connectivity index (χ0v) is 9.83. The molecular formula is C12H22O3. The largest absolute Gasteiger partial charge is 0.466 e. The summed E-state index contributed by atoms with van der Waals surface area (Å²) in [4.78, 5) is 11.0. The van der Waals surface area contributed by atoms with Gasteiger partial charge in [0.05, 0.1) is 6.61 Å². The summed E-state index contributed by atoms with van der Waals surface area (Å²) in [6.45, 7) is 6.55. The molecule has 0 spiro atoms. The van der Waals surface area contributed by atoms with Gasteiger partial charge in [-0.3, -0.25) is 4.79 Å². The molecule has 0 radical (unpaired) electrons. The minimum atomic E-state index is -0.0561. The van der Waals surface area contributed by atoms with Crippen LogP contribution in [0.3, 0.4) is 0 Å². The van der Waals surface area contributed by atoms with Crippen LogP contribution < -0.4 is 0 Å². The van der Waals surface area contributed by atoms with Gasteiger partial charge in [-0.2, -0.15) is 0 Å². The van der Waals surface area contributed by atoms with Crippen molar-refractivity contribution in [3.05, 3.63) is 0 Å². The van der Waals surface area contributed by atoms with Crippen LogP contribution in [0.4, 0.5) is 0 Å². The summed E-state index contributed by atoms with van der Waals surface area (Å²) in [6, 6.07) is 0. The van der Waals surface area contributed by atoms with Crippen LogP contribution in [0.15, 0.2) is 0 Å². The number of hydrogen-bond donors (Lipinski definition) is 0. The number of cyclic esters (lactones) is 1. The van der Waals surface area contributed by atoms with E-state index in [0.29, 0.717) is 24.9 Å². The van der Waals surface area contributed by atoms with Crippen LogP contribution in [0.1, 0.15) is 39.5 Å². The van der Waals surface area contributed by atoms with E-state index in [9.17, 15) is 4.79 Å². The Kier molecular flexibility index (Phi) is 5.69. The van der Waals surface area contributed by atoms with E-state index in [-0.39, 0.29) is 5.97 Å². The van der Waals surface area contributed by atoms with Crippen molar-refractivity contribution in [3.8, 4) is 0 Å². The standard InChI is InChI=1S/C12H22O3/c1-3-10(2)8-14-9-11-4-5-12(13)15-7-6-11/h10-11H,3-9H2,1-2H3. The number of carbonyl (C=O) groups is 1. The first-order valence-corrected chi connectivity index (χ1v) is 5.95. The fourth-order valence-corrected chi connectivity index (χ4v) is 1.60. The molecule has 0 N–H and O–H groups in total. The lowest BCUT2D eigenvalue weighted by Crippen LogP contribution is -2.13. The Balaban J connectivity index is 2.12. The maximum absolute atomic E-state index is 11.0. The van der Waals surface area contributed by atoms with Gasteiger partial charge in [-0.15, -0.1) is 0 Å². The Morgan fingerprint density at radius 2 is 2.33 bits per heavy atom. The molecular weight excluding hydrogens is 192 g/mol. The minimum Gasteiger partial charge on any atom is -0.466 e. The van der Waals surface area contributed by atoms with Crippen molar-refractivity contribution in [2.45, 2.75) is 39.5 Å². The van der Waals surface area contributed by atoms with Crippen LogP contribution in [0.25, 0.3) is 0 Å². The van der Waals surface area contributed by atoms with Crippen molar-refractivity contribution in [1.82, 2.24) is 0 Å². The fraction of sp³-hybridized carbons (Fsp3) is 0.917. The second-order valence-electron chi connectivity index (χ2n) is 4.46. The molecule has 3 heteroatoms. The van der Waals surface area contributed by atoms with E-state index in [1.54, 1.807) is 0 Å². The summed E-state index contributed by atoms with van der Waals surface area (Å²) in [7, 11) is 0. The minimum absolute atomic E-state index is 0.0561. The highest BCUT2D eigenvalue weighted by Gasteiger charge is 2.17. The molecule has 3 nitrogen and oxygen atoms in total. The van der Waals surface area contributed by atoms with E-state index in [0.717, 1.165) is 32.5 Å². The SMILES string of the molecule is CCC(C)COCC1CCOC(=O)CC1.